The van der Waals surface area contributed by atoms with Crippen molar-refractivity contribution >= 4 is 5.69 Å². The van der Waals surface area contributed by atoms with Gasteiger partial charge in [0.2, 0.25) is 0 Å². The highest BCUT2D eigenvalue weighted by Crippen LogP contribution is 2.25. The third kappa shape index (κ3) is 3.21. The molecule has 0 radical (unpaired) electrons. The van der Waals surface area contributed by atoms with E-state index in [0.717, 1.165) is 0 Å². The Morgan fingerprint density at radius 1 is 1.40 bits per heavy atom. The summed E-state index contributed by atoms with van der Waals surface area (Å²) in [4.78, 5) is 9.92. The van der Waals surface area contributed by atoms with Gasteiger partial charge in [-0.3, -0.25) is 10.1 Å². The lowest BCUT2D eigenvalue weighted by atomic mass is 10.1. The van der Waals surface area contributed by atoms with Gasteiger partial charge in [0.15, 0.2) is 0 Å². The van der Waals surface area contributed by atoms with Crippen LogP contribution in [0.15, 0.2) is 18.2 Å². The number of phenols is 1. The minimum absolute atomic E-state index is 0.0164. The molecule has 0 bridgehead atoms. The Kier molecular flexibility index (Phi) is 2.95. The fourth-order valence-electron chi connectivity index (χ4n) is 1.31. The summed E-state index contributed by atoms with van der Waals surface area (Å²) in [6, 6.07) is 4.19. The lowest BCUT2D eigenvalue weighted by Gasteiger charge is -2.24. The van der Waals surface area contributed by atoms with Crippen LogP contribution in [0, 0.1) is 10.1 Å². The number of nitro benzene ring substituents is 1. The number of quaternary nitrogens is 1. The Hall–Kier alpha value is -1.62. The largest absolute Gasteiger partial charge is 0.507 e. The average Bonchev–Trinajstić information content (AvgIpc) is 2.05. The van der Waals surface area contributed by atoms with Gasteiger partial charge in [0, 0.05) is 11.6 Å². The Morgan fingerprint density at radius 3 is 2.40 bits per heavy atom. The van der Waals surface area contributed by atoms with E-state index in [4.69, 9.17) is 0 Å². The molecule has 0 aromatic heterocycles. The number of non-ortho nitro benzene ring substituents is 1. The summed E-state index contributed by atoms with van der Waals surface area (Å²) in [6.45, 7) is 0.629. The quantitative estimate of drug-likeness (QED) is 0.468. The molecule has 0 heterocycles. The molecule has 0 saturated heterocycles. The highest BCUT2D eigenvalue weighted by Gasteiger charge is 2.15. The number of rotatable bonds is 3. The van der Waals surface area contributed by atoms with Gasteiger partial charge in [-0.15, -0.1) is 0 Å². The van der Waals surface area contributed by atoms with Crippen molar-refractivity contribution < 1.29 is 14.5 Å². The average molecular weight is 211 g/mol. The molecule has 1 N–H and O–H groups in total. The van der Waals surface area contributed by atoms with Crippen molar-refractivity contribution in [2.45, 2.75) is 6.54 Å². The monoisotopic (exact) mass is 211 g/mol. The summed E-state index contributed by atoms with van der Waals surface area (Å²) in [7, 11) is 5.96. The lowest BCUT2D eigenvalue weighted by Crippen LogP contribution is -2.33. The molecule has 0 saturated carbocycles. The Bertz CT molecular complexity index is 383. The van der Waals surface area contributed by atoms with Crippen molar-refractivity contribution in [3.63, 3.8) is 0 Å². The molecular formula is C10H15N2O3+. The van der Waals surface area contributed by atoms with Gasteiger partial charge >= 0.3 is 0 Å². The van der Waals surface area contributed by atoms with Crippen LogP contribution in [0.5, 0.6) is 5.75 Å². The first-order chi connectivity index (χ1) is 6.79. The van der Waals surface area contributed by atoms with Crippen LogP contribution < -0.4 is 0 Å². The van der Waals surface area contributed by atoms with Gasteiger partial charge in [-0.25, -0.2) is 0 Å². The molecule has 1 aromatic rings. The topological polar surface area (TPSA) is 63.4 Å². The van der Waals surface area contributed by atoms with Crippen molar-refractivity contribution in [3.05, 3.63) is 33.9 Å². The van der Waals surface area contributed by atoms with Crippen LogP contribution in [-0.2, 0) is 6.54 Å². The zero-order valence-electron chi connectivity index (χ0n) is 9.10. The van der Waals surface area contributed by atoms with Gasteiger partial charge in [-0.05, 0) is 6.07 Å². The van der Waals surface area contributed by atoms with Gasteiger partial charge in [0.05, 0.1) is 32.1 Å². The third-order valence-corrected chi connectivity index (χ3v) is 1.92. The highest BCUT2D eigenvalue weighted by molar-refractivity contribution is 5.43. The van der Waals surface area contributed by atoms with Gasteiger partial charge in [-0.2, -0.15) is 0 Å². The van der Waals surface area contributed by atoms with E-state index in [1.54, 1.807) is 6.07 Å². The fraction of sp³-hybridized carbons (Fsp3) is 0.400. The molecule has 0 amide bonds. The number of nitro groups is 1. The minimum atomic E-state index is -0.518. The summed E-state index contributed by atoms with van der Waals surface area (Å²) >= 11 is 0. The van der Waals surface area contributed by atoms with Gasteiger partial charge in [-0.1, -0.05) is 0 Å². The highest BCUT2D eigenvalue weighted by atomic mass is 16.6. The van der Waals surface area contributed by atoms with E-state index in [-0.39, 0.29) is 11.4 Å². The van der Waals surface area contributed by atoms with E-state index >= 15 is 0 Å². The molecule has 5 nitrogen and oxygen atoms in total. The van der Waals surface area contributed by atoms with E-state index < -0.39 is 4.92 Å². The SMILES string of the molecule is C[N+](C)(C)Cc1ccc([N+](=O)[O-])cc1O. The van der Waals surface area contributed by atoms with E-state index in [0.29, 0.717) is 16.6 Å². The van der Waals surface area contributed by atoms with Gasteiger partial charge in [0.1, 0.15) is 12.3 Å². The van der Waals surface area contributed by atoms with Crippen LogP contribution in [0.4, 0.5) is 5.69 Å². The van der Waals surface area contributed by atoms with Crippen molar-refractivity contribution in [2.75, 3.05) is 21.1 Å². The molecular weight excluding hydrogens is 196 g/mol. The van der Waals surface area contributed by atoms with Crippen molar-refractivity contribution in [1.29, 1.82) is 0 Å². The molecule has 0 spiro atoms. The standard InChI is InChI=1S/C10H14N2O3/c1-12(2,3)7-8-4-5-9(11(14)15)6-10(8)13/h4-6H,7H2,1-3H3/p+1. The molecule has 0 aliphatic heterocycles. The van der Waals surface area contributed by atoms with E-state index in [2.05, 4.69) is 0 Å². The van der Waals surface area contributed by atoms with Crippen LogP contribution in [0.3, 0.4) is 0 Å². The van der Waals surface area contributed by atoms with Crippen molar-refractivity contribution in [3.8, 4) is 5.75 Å². The number of phenolic OH excluding ortho intramolecular Hbond substituents is 1. The maximum atomic E-state index is 10.4. The molecule has 0 aliphatic rings. The number of benzene rings is 1. The first-order valence-electron chi connectivity index (χ1n) is 4.56. The Labute approximate surface area is 88.3 Å². The molecule has 5 heteroatoms. The predicted octanol–water partition coefficient (Wildman–Crippen LogP) is 1.51. The van der Waals surface area contributed by atoms with Crippen LogP contribution in [0.1, 0.15) is 5.56 Å². The van der Waals surface area contributed by atoms with E-state index in [9.17, 15) is 15.2 Å². The van der Waals surface area contributed by atoms with Crippen molar-refractivity contribution in [2.24, 2.45) is 0 Å². The molecule has 0 fully saturated rings. The van der Waals surface area contributed by atoms with Gasteiger partial charge in [0.25, 0.3) is 5.69 Å². The Morgan fingerprint density at radius 2 is 2.00 bits per heavy atom. The molecule has 0 atom stereocenters. The van der Waals surface area contributed by atoms with Crippen LogP contribution in [0.2, 0.25) is 0 Å². The Balaban J connectivity index is 2.99. The normalized spacial score (nSPS) is 11.4. The van der Waals surface area contributed by atoms with Crippen LogP contribution >= 0.6 is 0 Å². The third-order valence-electron chi connectivity index (χ3n) is 1.92. The van der Waals surface area contributed by atoms with Gasteiger partial charge < -0.3 is 9.59 Å². The number of hydrogen-bond donors (Lipinski definition) is 1. The molecule has 0 unspecified atom stereocenters. The summed E-state index contributed by atoms with van der Waals surface area (Å²) in [5, 5.41) is 20.0. The second-order valence-corrected chi connectivity index (χ2v) is 4.52. The summed E-state index contributed by atoms with van der Waals surface area (Å²) in [5.74, 6) is -0.0164. The molecule has 82 valence electrons. The lowest BCUT2D eigenvalue weighted by molar-refractivity contribution is -0.884. The first kappa shape index (κ1) is 11.5. The minimum Gasteiger partial charge on any atom is -0.507 e. The van der Waals surface area contributed by atoms with E-state index in [1.165, 1.54) is 12.1 Å². The summed E-state index contributed by atoms with van der Waals surface area (Å²) in [6.07, 6.45) is 0. The first-order valence-corrected chi connectivity index (χ1v) is 4.56. The second kappa shape index (κ2) is 3.86. The molecule has 0 aliphatic carbocycles. The van der Waals surface area contributed by atoms with Crippen molar-refractivity contribution in [1.82, 2.24) is 0 Å². The summed E-state index contributed by atoms with van der Waals surface area (Å²) in [5.41, 5.74) is 0.630. The maximum Gasteiger partial charge on any atom is 0.273 e. The van der Waals surface area contributed by atoms with E-state index in [1.807, 2.05) is 21.1 Å². The number of hydrogen-bond acceptors (Lipinski definition) is 3. The predicted molar refractivity (Wildman–Crippen MR) is 56.5 cm³/mol. The smallest absolute Gasteiger partial charge is 0.273 e. The van der Waals surface area contributed by atoms with Crippen LogP contribution in [0.25, 0.3) is 0 Å². The zero-order chi connectivity index (χ0) is 11.6. The number of aromatic hydroxyl groups is 1. The number of nitrogens with zero attached hydrogens (tertiary/aromatic N) is 2. The molecule has 15 heavy (non-hydrogen) atoms. The van der Waals surface area contributed by atoms with Crippen LogP contribution in [-0.4, -0.2) is 35.7 Å². The summed E-state index contributed by atoms with van der Waals surface area (Å²) < 4.78 is 0.658. The maximum absolute atomic E-state index is 10.4. The second-order valence-electron chi connectivity index (χ2n) is 4.52. The zero-order valence-corrected chi connectivity index (χ0v) is 9.10. The molecule has 1 rings (SSSR count). The molecule has 1 aromatic carbocycles. The fourth-order valence-corrected chi connectivity index (χ4v) is 1.31.